The third kappa shape index (κ3) is 4.86. The highest BCUT2D eigenvalue weighted by atomic mass is 32.2. The molecule has 1 N–H and O–H groups in total. The first-order chi connectivity index (χ1) is 14.9. The summed E-state index contributed by atoms with van der Waals surface area (Å²) in [6.45, 7) is 3.23. The van der Waals surface area contributed by atoms with Crippen LogP contribution in [-0.2, 0) is 19.6 Å². The molecule has 1 saturated carbocycles. The predicted octanol–water partition coefficient (Wildman–Crippen LogP) is 1.68. The Kier molecular flexibility index (Phi) is 6.51. The van der Waals surface area contributed by atoms with E-state index in [0.29, 0.717) is 48.9 Å². The number of aromatic nitrogens is 3. The van der Waals surface area contributed by atoms with Crippen LogP contribution in [0.1, 0.15) is 24.7 Å². The van der Waals surface area contributed by atoms with E-state index in [2.05, 4.69) is 20.1 Å². The van der Waals surface area contributed by atoms with Crippen LogP contribution < -0.4 is 10.1 Å². The van der Waals surface area contributed by atoms with Crippen LogP contribution in [0.5, 0.6) is 5.75 Å². The van der Waals surface area contributed by atoms with E-state index in [9.17, 15) is 13.2 Å². The lowest BCUT2D eigenvalue weighted by atomic mass is 10.3. The van der Waals surface area contributed by atoms with Crippen LogP contribution in [0, 0.1) is 6.92 Å². The molecule has 1 aromatic carbocycles. The van der Waals surface area contributed by atoms with Gasteiger partial charge in [0.05, 0.1) is 36.7 Å². The number of hydrogen-bond acceptors (Lipinski definition) is 8. The number of carbonyl (C=O) groups excluding carboxylic acids is 1. The minimum atomic E-state index is -3.69. The normalized spacial score (nSPS) is 17.5. The third-order valence-corrected chi connectivity index (χ3v) is 7.97. The number of benzene rings is 1. The second kappa shape index (κ2) is 9.15. The van der Waals surface area contributed by atoms with Gasteiger partial charge in [-0.1, -0.05) is 11.8 Å². The van der Waals surface area contributed by atoms with Crippen molar-refractivity contribution in [1.82, 2.24) is 19.1 Å². The first kappa shape index (κ1) is 22.1. The van der Waals surface area contributed by atoms with Crippen molar-refractivity contribution in [1.29, 1.82) is 0 Å². The highest BCUT2D eigenvalue weighted by molar-refractivity contribution is 7.99. The van der Waals surface area contributed by atoms with E-state index in [1.807, 2.05) is 6.92 Å². The zero-order valence-electron chi connectivity index (χ0n) is 17.4. The SMILES string of the molecule is COc1ccc(S(=O)(=O)N2CCOCC2)cc1NC(=O)CSc1nnc(C)n1C1CC1. The number of carbonyl (C=O) groups is 1. The number of thioether (sulfide) groups is 1. The van der Waals surface area contributed by atoms with E-state index in [1.54, 1.807) is 6.07 Å². The van der Waals surface area contributed by atoms with E-state index < -0.39 is 10.0 Å². The molecule has 1 aliphatic carbocycles. The Morgan fingerprint density at radius 1 is 1.29 bits per heavy atom. The second-order valence-electron chi connectivity index (χ2n) is 7.35. The monoisotopic (exact) mass is 467 g/mol. The third-order valence-electron chi connectivity index (χ3n) is 5.13. The maximum atomic E-state index is 12.9. The number of nitrogens with zero attached hydrogens (tertiary/aromatic N) is 4. The van der Waals surface area contributed by atoms with E-state index in [-0.39, 0.29) is 16.6 Å². The van der Waals surface area contributed by atoms with Crippen molar-refractivity contribution >= 4 is 33.4 Å². The highest BCUT2D eigenvalue weighted by Crippen LogP contribution is 2.38. The molecule has 2 aromatic rings. The van der Waals surface area contributed by atoms with E-state index >= 15 is 0 Å². The van der Waals surface area contributed by atoms with Gasteiger partial charge in [-0.25, -0.2) is 8.42 Å². The van der Waals surface area contributed by atoms with Crippen LogP contribution in [0.4, 0.5) is 5.69 Å². The average molecular weight is 468 g/mol. The Labute approximate surface area is 185 Å². The number of aryl methyl sites for hydroxylation is 1. The number of anilines is 1. The molecule has 4 rings (SSSR count). The van der Waals surface area contributed by atoms with Crippen LogP contribution in [0.3, 0.4) is 0 Å². The fourth-order valence-electron chi connectivity index (χ4n) is 3.40. The van der Waals surface area contributed by atoms with Crippen molar-refractivity contribution < 1.29 is 22.7 Å². The molecule has 1 aliphatic heterocycles. The van der Waals surface area contributed by atoms with E-state index in [4.69, 9.17) is 9.47 Å². The molecule has 0 bridgehead atoms. The van der Waals surface area contributed by atoms with Crippen LogP contribution in [0.2, 0.25) is 0 Å². The molecule has 1 amide bonds. The molecule has 1 aromatic heterocycles. The zero-order chi connectivity index (χ0) is 22.0. The van der Waals surface area contributed by atoms with Gasteiger partial charge in [0.2, 0.25) is 15.9 Å². The molecule has 0 radical (unpaired) electrons. The highest BCUT2D eigenvalue weighted by Gasteiger charge is 2.29. The lowest BCUT2D eigenvalue weighted by Crippen LogP contribution is -2.40. The summed E-state index contributed by atoms with van der Waals surface area (Å²) in [4.78, 5) is 12.7. The average Bonchev–Trinajstić information content (AvgIpc) is 3.54. The standard InChI is InChI=1S/C19H25N5O5S2/c1-13-21-22-19(24(13)14-3-4-14)30-12-18(25)20-16-11-15(5-6-17(16)28-2)31(26,27)23-7-9-29-10-8-23/h5-6,11,14H,3-4,7-10,12H2,1-2H3,(H,20,25). The topological polar surface area (TPSA) is 116 Å². The molecule has 0 spiro atoms. The molecule has 1 saturated heterocycles. The first-order valence-electron chi connectivity index (χ1n) is 10.00. The number of ether oxygens (including phenoxy) is 2. The minimum Gasteiger partial charge on any atom is -0.495 e. The largest absolute Gasteiger partial charge is 0.495 e. The molecule has 31 heavy (non-hydrogen) atoms. The van der Waals surface area contributed by atoms with Gasteiger partial charge in [-0.15, -0.1) is 10.2 Å². The lowest BCUT2D eigenvalue weighted by molar-refractivity contribution is -0.113. The molecule has 0 unspecified atom stereocenters. The predicted molar refractivity (Wildman–Crippen MR) is 115 cm³/mol. The van der Waals surface area contributed by atoms with Gasteiger partial charge in [0.15, 0.2) is 5.16 Å². The Balaban J connectivity index is 1.47. The van der Waals surface area contributed by atoms with Gasteiger partial charge in [0.1, 0.15) is 11.6 Å². The van der Waals surface area contributed by atoms with Crippen LogP contribution in [-0.4, -0.2) is 72.6 Å². The number of rotatable bonds is 8. The number of sulfonamides is 1. The molecular weight excluding hydrogens is 442 g/mol. The molecule has 12 heteroatoms. The molecular formula is C19H25N5O5S2. The van der Waals surface area contributed by atoms with Crippen molar-refractivity contribution in [3.05, 3.63) is 24.0 Å². The maximum absolute atomic E-state index is 12.9. The van der Waals surface area contributed by atoms with Crippen molar-refractivity contribution in [2.45, 2.75) is 35.9 Å². The molecule has 2 aliphatic rings. The number of hydrogen-bond donors (Lipinski definition) is 1. The van der Waals surface area contributed by atoms with Crippen molar-refractivity contribution in [2.24, 2.45) is 0 Å². The fraction of sp³-hybridized carbons (Fsp3) is 0.526. The number of methoxy groups -OCH3 is 1. The summed E-state index contributed by atoms with van der Waals surface area (Å²) >= 11 is 1.31. The summed E-state index contributed by atoms with van der Waals surface area (Å²) in [5.74, 6) is 1.06. The van der Waals surface area contributed by atoms with Gasteiger partial charge < -0.3 is 19.4 Å². The fourth-order valence-corrected chi connectivity index (χ4v) is 5.69. The molecule has 10 nitrogen and oxygen atoms in total. The van der Waals surface area contributed by atoms with Gasteiger partial charge in [-0.05, 0) is 38.0 Å². The van der Waals surface area contributed by atoms with E-state index in [0.717, 1.165) is 18.7 Å². The Bertz CT molecular complexity index is 1060. The quantitative estimate of drug-likeness (QED) is 0.583. The summed E-state index contributed by atoms with van der Waals surface area (Å²) in [6.07, 6.45) is 2.19. The molecule has 0 atom stereocenters. The number of amides is 1. The summed E-state index contributed by atoms with van der Waals surface area (Å²) < 4.78 is 39.9. The summed E-state index contributed by atoms with van der Waals surface area (Å²) in [5, 5.41) is 11.8. The van der Waals surface area contributed by atoms with Crippen molar-refractivity contribution in [2.75, 3.05) is 44.5 Å². The Morgan fingerprint density at radius 2 is 2.03 bits per heavy atom. The van der Waals surface area contributed by atoms with Gasteiger partial charge in [0, 0.05) is 19.1 Å². The van der Waals surface area contributed by atoms with Crippen molar-refractivity contribution in [3.63, 3.8) is 0 Å². The summed E-state index contributed by atoms with van der Waals surface area (Å²) in [5.41, 5.74) is 0.308. The summed E-state index contributed by atoms with van der Waals surface area (Å²) in [7, 11) is -2.22. The summed E-state index contributed by atoms with van der Waals surface area (Å²) in [6, 6.07) is 4.88. The van der Waals surface area contributed by atoms with Crippen LogP contribution >= 0.6 is 11.8 Å². The zero-order valence-corrected chi connectivity index (χ0v) is 19.0. The number of nitrogens with one attached hydrogen (secondary N) is 1. The van der Waals surface area contributed by atoms with E-state index in [1.165, 1.54) is 35.3 Å². The smallest absolute Gasteiger partial charge is 0.243 e. The van der Waals surface area contributed by atoms with Crippen LogP contribution in [0.15, 0.2) is 28.3 Å². The number of morpholine rings is 1. The molecule has 2 fully saturated rings. The maximum Gasteiger partial charge on any atom is 0.243 e. The van der Waals surface area contributed by atoms with Gasteiger partial charge in [0.25, 0.3) is 0 Å². The first-order valence-corrected chi connectivity index (χ1v) is 12.4. The minimum absolute atomic E-state index is 0.0993. The van der Waals surface area contributed by atoms with Crippen molar-refractivity contribution in [3.8, 4) is 5.75 Å². The molecule has 168 valence electrons. The van der Waals surface area contributed by atoms with Gasteiger partial charge >= 0.3 is 0 Å². The van der Waals surface area contributed by atoms with Gasteiger partial charge in [-0.2, -0.15) is 4.31 Å². The second-order valence-corrected chi connectivity index (χ2v) is 10.2. The lowest BCUT2D eigenvalue weighted by Gasteiger charge is -2.26. The van der Waals surface area contributed by atoms with Crippen LogP contribution in [0.25, 0.3) is 0 Å². The van der Waals surface area contributed by atoms with Gasteiger partial charge in [-0.3, -0.25) is 4.79 Å². The molecule has 2 heterocycles. The Morgan fingerprint density at radius 3 is 2.71 bits per heavy atom. The Hall–Kier alpha value is -2.15.